The van der Waals surface area contributed by atoms with Crippen LogP contribution in [-0.2, 0) is 11.3 Å². The highest BCUT2D eigenvalue weighted by atomic mass is 16.1. The third kappa shape index (κ3) is 3.14. The molecule has 5 nitrogen and oxygen atoms in total. The number of carbonyl (C=O) groups is 1. The Kier molecular flexibility index (Phi) is 3.31. The zero-order chi connectivity index (χ0) is 9.68. The van der Waals surface area contributed by atoms with Gasteiger partial charge in [-0.05, 0) is 6.92 Å². The number of nitrogen functional groups attached to an aromatic ring is 1. The molecule has 5 heteroatoms. The summed E-state index contributed by atoms with van der Waals surface area (Å²) in [5.41, 5.74) is 5.41. The predicted molar refractivity (Wildman–Crippen MR) is 49.9 cm³/mol. The van der Waals surface area contributed by atoms with E-state index in [9.17, 15) is 4.79 Å². The third-order valence-corrected chi connectivity index (χ3v) is 1.62. The van der Waals surface area contributed by atoms with Gasteiger partial charge in [-0.3, -0.25) is 4.79 Å². The van der Waals surface area contributed by atoms with Crippen molar-refractivity contribution in [3.8, 4) is 0 Å². The summed E-state index contributed by atoms with van der Waals surface area (Å²) >= 11 is 0. The largest absolute Gasteiger partial charge is 0.382 e. The van der Waals surface area contributed by atoms with E-state index in [2.05, 4.69) is 10.3 Å². The number of nitrogens with zero attached hydrogens (tertiary/aromatic N) is 2. The summed E-state index contributed by atoms with van der Waals surface area (Å²) in [5, 5.41) is 2.72. The Morgan fingerprint density at radius 2 is 2.54 bits per heavy atom. The number of aryl methyl sites for hydroxylation is 1. The van der Waals surface area contributed by atoms with Crippen LogP contribution in [0.15, 0.2) is 12.5 Å². The zero-order valence-electron chi connectivity index (χ0n) is 7.66. The van der Waals surface area contributed by atoms with Crippen LogP contribution in [0.5, 0.6) is 0 Å². The van der Waals surface area contributed by atoms with Crippen molar-refractivity contribution in [2.75, 3.05) is 12.3 Å². The van der Waals surface area contributed by atoms with Crippen molar-refractivity contribution in [1.29, 1.82) is 0 Å². The van der Waals surface area contributed by atoms with Gasteiger partial charge in [0.15, 0.2) is 0 Å². The first-order chi connectivity index (χ1) is 6.22. The molecule has 0 spiro atoms. The average Bonchev–Trinajstić information content (AvgIpc) is 2.49. The Morgan fingerprint density at radius 1 is 1.77 bits per heavy atom. The van der Waals surface area contributed by atoms with Crippen LogP contribution in [0, 0.1) is 0 Å². The number of rotatable bonds is 4. The molecule has 0 aliphatic heterocycles. The third-order valence-electron chi connectivity index (χ3n) is 1.62. The number of aromatic nitrogens is 2. The molecule has 72 valence electrons. The monoisotopic (exact) mass is 182 g/mol. The van der Waals surface area contributed by atoms with Gasteiger partial charge in [0.2, 0.25) is 5.91 Å². The molecule has 0 saturated carbocycles. The van der Waals surface area contributed by atoms with Gasteiger partial charge in [-0.15, -0.1) is 0 Å². The second-order valence-corrected chi connectivity index (χ2v) is 2.74. The second kappa shape index (κ2) is 4.49. The van der Waals surface area contributed by atoms with Crippen molar-refractivity contribution >= 4 is 11.7 Å². The van der Waals surface area contributed by atoms with Gasteiger partial charge in [-0.1, -0.05) is 0 Å². The number of hydrogen-bond donors (Lipinski definition) is 2. The van der Waals surface area contributed by atoms with Crippen molar-refractivity contribution in [1.82, 2.24) is 14.9 Å². The summed E-state index contributed by atoms with van der Waals surface area (Å²) in [4.78, 5) is 14.9. The summed E-state index contributed by atoms with van der Waals surface area (Å²) in [7, 11) is 0. The Morgan fingerprint density at radius 3 is 3.08 bits per heavy atom. The smallest absolute Gasteiger partial charge is 0.221 e. The van der Waals surface area contributed by atoms with Crippen molar-refractivity contribution in [2.45, 2.75) is 19.9 Å². The molecule has 1 aromatic heterocycles. The van der Waals surface area contributed by atoms with Crippen LogP contribution < -0.4 is 11.1 Å². The maximum atomic E-state index is 11.0. The molecule has 0 fully saturated rings. The number of amides is 1. The molecule has 0 saturated heterocycles. The lowest BCUT2D eigenvalue weighted by Crippen LogP contribution is -2.23. The SMILES string of the molecule is CCNC(=O)CCn1cnc(N)c1. The van der Waals surface area contributed by atoms with Gasteiger partial charge >= 0.3 is 0 Å². The van der Waals surface area contributed by atoms with E-state index < -0.39 is 0 Å². The molecule has 1 aromatic rings. The van der Waals surface area contributed by atoms with Gasteiger partial charge in [0.25, 0.3) is 0 Å². The highest BCUT2D eigenvalue weighted by Crippen LogP contribution is 1.97. The van der Waals surface area contributed by atoms with Gasteiger partial charge in [0.05, 0.1) is 6.33 Å². The normalized spacial score (nSPS) is 9.92. The fourth-order valence-corrected chi connectivity index (χ4v) is 1.02. The first kappa shape index (κ1) is 9.57. The van der Waals surface area contributed by atoms with Crippen LogP contribution >= 0.6 is 0 Å². The second-order valence-electron chi connectivity index (χ2n) is 2.74. The zero-order valence-corrected chi connectivity index (χ0v) is 7.66. The molecule has 13 heavy (non-hydrogen) atoms. The lowest BCUT2D eigenvalue weighted by Gasteiger charge is -2.01. The molecule has 1 amide bonds. The van der Waals surface area contributed by atoms with E-state index in [0.29, 0.717) is 25.3 Å². The van der Waals surface area contributed by atoms with Crippen molar-refractivity contribution in [2.24, 2.45) is 0 Å². The first-order valence-electron chi connectivity index (χ1n) is 4.26. The van der Waals surface area contributed by atoms with E-state index in [1.54, 1.807) is 17.1 Å². The predicted octanol–water partition coefficient (Wildman–Crippen LogP) is -0.00850. The first-order valence-corrected chi connectivity index (χ1v) is 4.26. The van der Waals surface area contributed by atoms with E-state index in [1.165, 1.54) is 0 Å². The maximum absolute atomic E-state index is 11.0. The molecular formula is C8H14N4O. The fourth-order valence-electron chi connectivity index (χ4n) is 1.02. The van der Waals surface area contributed by atoms with Crippen LogP contribution in [0.25, 0.3) is 0 Å². The molecule has 0 aromatic carbocycles. The van der Waals surface area contributed by atoms with Gasteiger partial charge in [0.1, 0.15) is 5.82 Å². The molecule has 0 atom stereocenters. The topological polar surface area (TPSA) is 72.9 Å². The lowest BCUT2D eigenvalue weighted by atomic mass is 10.4. The summed E-state index contributed by atoms with van der Waals surface area (Å²) < 4.78 is 1.80. The minimum Gasteiger partial charge on any atom is -0.382 e. The van der Waals surface area contributed by atoms with Crippen molar-refractivity contribution < 1.29 is 4.79 Å². The van der Waals surface area contributed by atoms with Crippen molar-refractivity contribution in [3.05, 3.63) is 12.5 Å². The maximum Gasteiger partial charge on any atom is 0.221 e. The highest BCUT2D eigenvalue weighted by Gasteiger charge is 1.99. The van der Waals surface area contributed by atoms with Crippen LogP contribution in [0.1, 0.15) is 13.3 Å². The standard InChI is InChI=1S/C8H14N4O/c1-2-10-8(13)3-4-12-5-7(9)11-6-12/h5-6H,2-4,9H2,1H3,(H,10,13). The fraction of sp³-hybridized carbons (Fsp3) is 0.500. The van der Waals surface area contributed by atoms with Crippen LogP contribution in [-0.4, -0.2) is 22.0 Å². The number of imidazole rings is 1. The van der Waals surface area contributed by atoms with E-state index >= 15 is 0 Å². The van der Waals surface area contributed by atoms with E-state index in [1.807, 2.05) is 6.92 Å². The quantitative estimate of drug-likeness (QED) is 0.688. The van der Waals surface area contributed by atoms with Gasteiger partial charge in [-0.2, -0.15) is 0 Å². The van der Waals surface area contributed by atoms with Crippen LogP contribution in [0.2, 0.25) is 0 Å². The molecule has 3 N–H and O–H groups in total. The Bertz CT molecular complexity index is 281. The lowest BCUT2D eigenvalue weighted by molar-refractivity contribution is -0.121. The number of nitrogens with two attached hydrogens (primary N) is 1. The Balaban J connectivity index is 2.30. The van der Waals surface area contributed by atoms with Crippen molar-refractivity contribution in [3.63, 3.8) is 0 Å². The molecule has 0 unspecified atom stereocenters. The molecule has 0 aliphatic carbocycles. The summed E-state index contributed by atoms with van der Waals surface area (Å²) in [6.07, 6.45) is 3.79. The number of hydrogen-bond acceptors (Lipinski definition) is 3. The molecule has 0 bridgehead atoms. The number of carbonyl (C=O) groups excluding carboxylic acids is 1. The Labute approximate surface area is 76.9 Å². The minimum absolute atomic E-state index is 0.0507. The van der Waals surface area contributed by atoms with Gasteiger partial charge < -0.3 is 15.6 Å². The minimum atomic E-state index is 0.0507. The Hall–Kier alpha value is -1.52. The molecule has 1 rings (SSSR count). The molecule has 0 radical (unpaired) electrons. The molecular weight excluding hydrogens is 168 g/mol. The summed E-state index contributed by atoms with van der Waals surface area (Å²) in [6.45, 7) is 3.19. The van der Waals surface area contributed by atoms with E-state index in [4.69, 9.17) is 5.73 Å². The number of nitrogens with one attached hydrogen (secondary N) is 1. The van der Waals surface area contributed by atoms with Crippen LogP contribution in [0.4, 0.5) is 5.82 Å². The average molecular weight is 182 g/mol. The highest BCUT2D eigenvalue weighted by molar-refractivity contribution is 5.75. The van der Waals surface area contributed by atoms with E-state index in [-0.39, 0.29) is 5.91 Å². The summed E-state index contributed by atoms with van der Waals surface area (Å²) in [5.74, 6) is 0.533. The number of anilines is 1. The van der Waals surface area contributed by atoms with Crippen LogP contribution in [0.3, 0.4) is 0 Å². The van der Waals surface area contributed by atoms with Gasteiger partial charge in [-0.25, -0.2) is 4.98 Å². The van der Waals surface area contributed by atoms with Gasteiger partial charge in [0, 0.05) is 25.7 Å². The molecule has 0 aliphatic rings. The van der Waals surface area contributed by atoms with E-state index in [0.717, 1.165) is 0 Å². The molecule has 1 heterocycles. The summed E-state index contributed by atoms with van der Waals surface area (Å²) in [6, 6.07) is 0.